The van der Waals surface area contributed by atoms with Crippen LogP contribution >= 0.6 is 11.3 Å². The average molecular weight is 380 g/mol. The summed E-state index contributed by atoms with van der Waals surface area (Å²) < 4.78 is 6.70. The van der Waals surface area contributed by atoms with Crippen LogP contribution in [-0.4, -0.2) is 20.6 Å². The van der Waals surface area contributed by atoms with Crippen molar-refractivity contribution in [1.29, 1.82) is 0 Å². The first-order valence-corrected chi connectivity index (χ1v) is 9.18. The van der Waals surface area contributed by atoms with Crippen LogP contribution in [0, 0.1) is 13.8 Å². The Morgan fingerprint density at radius 2 is 2.04 bits per heavy atom. The molecule has 0 aliphatic carbocycles. The molecule has 1 N–H and O–H groups in total. The van der Waals surface area contributed by atoms with Crippen LogP contribution in [0.2, 0.25) is 0 Å². The number of thiophene rings is 1. The highest BCUT2D eigenvalue weighted by molar-refractivity contribution is 7.17. The maximum absolute atomic E-state index is 13.1. The summed E-state index contributed by atoms with van der Waals surface area (Å²) in [6, 6.07) is 9.06. The molecule has 0 aliphatic heterocycles. The Labute approximate surface area is 158 Å². The predicted octanol–water partition coefficient (Wildman–Crippen LogP) is 4.08. The van der Waals surface area contributed by atoms with E-state index in [4.69, 9.17) is 9.52 Å². The van der Waals surface area contributed by atoms with Crippen molar-refractivity contribution in [3.05, 3.63) is 75.0 Å². The van der Waals surface area contributed by atoms with Gasteiger partial charge in [0.2, 0.25) is 5.76 Å². The molecule has 0 radical (unpaired) electrons. The molecule has 1 aromatic carbocycles. The summed E-state index contributed by atoms with van der Waals surface area (Å²) in [5.41, 5.74) is 3.96. The number of aromatic nitrogens is 2. The second-order valence-corrected chi connectivity index (χ2v) is 7.25. The van der Waals surface area contributed by atoms with Crippen molar-refractivity contribution in [2.45, 2.75) is 20.4 Å². The van der Waals surface area contributed by atoms with Crippen LogP contribution in [0.15, 0.2) is 51.3 Å². The van der Waals surface area contributed by atoms with E-state index in [9.17, 15) is 9.59 Å². The number of rotatable bonds is 4. The van der Waals surface area contributed by atoms with Gasteiger partial charge < -0.3 is 9.52 Å². The van der Waals surface area contributed by atoms with Gasteiger partial charge in [-0.15, -0.1) is 11.3 Å². The fraction of sp³-hybridized carbons (Fsp3) is 0.150. The van der Waals surface area contributed by atoms with Crippen LogP contribution in [0.4, 0.5) is 0 Å². The molecule has 0 atom stereocenters. The van der Waals surface area contributed by atoms with E-state index in [-0.39, 0.29) is 17.9 Å². The zero-order valence-electron chi connectivity index (χ0n) is 14.7. The molecular formula is C20H16N2O4S. The number of fused-ring (bicyclic) bond motifs is 1. The first-order valence-electron chi connectivity index (χ1n) is 8.30. The van der Waals surface area contributed by atoms with Gasteiger partial charge in [-0.3, -0.25) is 9.36 Å². The van der Waals surface area contributed by atoms with Crippen molar-refractivity contribution in [3.63, 3.8) is 0 Å². The first-order chi connectivity index (χ1) is 12.9. The summed E-state index contributed by atoms with van der Waals surface area (Å²) in [7, 11) is 0. The molecule has 4 aromatic rings. The maximum atomic E-state index is 13.1. The molecule has 0 saturated heterocycles. The Balaban J connectivity index is 1.81. The molecule has 0 amide bonds. The third-order valence-corrected chi connectivity index (χ3v) is 5.32. The molecule has 6 nitrogen and oxygen atoms in total. The molecule has 0 unspecified atom stereocenters. The second-order valence-electron chi connectivity index (χ2n) is 6.40. The Hall–Kier alpha value is -3.19. The van der Waals surface area contributed by atoms with Gasteiger partial charge in [0.05, 0.1) is 18.3 Å². The normalized spacial score (nSPS) is 11.2. The molecule has 0 aliphatic rings. The Bertz CT molecular complexity index is 1230. The SMILES string of the molecule is Cc1ccc(-c2csc3ncn(Cc4ccc(C(=O)O)o4)c(=O)c23)c(C)c1. The Morgan fingerprint density at radius 1 is 1.22 bits per heavy atom. The molecule has 7 heteroatoms. The van der Waals surface area contributed by atoms with E-state index in [0.717, 1.165) is 16.7 Å². The van der Waals surface area contributed by atoms with Crippen molar-refractivity contribution in [3.8, 4) is 11.1 Å². The third kappa shape index (κ3) is 3.06. The predicted molar refractivity (Wildman–Crippen MR) is 104 cm³/mol. The van der Waals surface area contributed by atoms with Gasteiger partial charge in [0.1, 0.15) is 10.6 Å². The zero-order chi connectivity index (χ0) is 19.1. The van der Waals surface area contributed by atoms with E-state index in [1.807, 2.05) is 31.4 Å². The maximum Gasteiger partial charge on any atom is 0.371 e. The molecule has 0 saturated carbocycles. The quantitative estimate of drug-likeness (QED) is 0.576. The summed E-state index contributed by atoms with van der Waals surface area (Å²) in [5.74, 6) is -0.908. The van der Waals surface area contributed by atoms with E-state index in [1.54, 1.807) is 6.07 Å². The van der Waals surface area contributed by atoms with E-state index in [2.05, 4.69) is 11.1 Å². The van der Waals surface area contributed by atoms with Crippen molar-refractivity contribution >= 4 is 27.5 Å². The Morgan fingerprint density at radius 3 is 2.74 bits per heavy atom. The van der Waals surface area contributed by atoms with E-state index < -0.39 is 5.97 Å². The number of aromatic carboxylic acids is 1. The van der Waals surface area contributed by atoms with Crippen LogP contribution in [0.25, 0.3) is 21.3 Å². The fourth-order valence-corrected chi connectivity index (χ4v) is 4.04. The van der Waals surface area contributed by atoms with Crippen molar-refractivity contribution in [1.82, 2.24) is 9.55 Å². The molecule has 136 valence electrons. The monoisotopic (exact) mass is 380 g/mol. The highest BCUT2D eigenvalue weighted by Crippen LogP contribution is 2.33. The lowest BCUT2D eigenvalue weighted by molar-refractivity contribution is 0.0660. The molecule has 0 spiro atoms. The number of aryl methyl sites for hydroxylation is 2. The van der Waals surface area contributed by atoms with Gasteiger partial charge in [0, 0.05) is 10.9 Å². The van der Waals surface area contributed by atoms with Crippen molar-refractivity contribution < 1.29 is 14.3 Å². The number of carboxylic acids is 1. The first kappa shape index (κ1) is 17.2. The summed E-state index contributed by atoms with van der Waals surface area (Å²) >= 11 is 1.43. The number of hydrogen-bond acceptors (Lipinski definition) is 5. The average Bonchev–Trinajstić information content (AvgIpc) is 3.25. The number of carbonyl (C=O) groups is 1. The van der Waals surface area contributed by atoms with Gasteiger partial charge in [-0.1, -0.05) is 23.8 Å². The lowest BCUT2D eigenvalue weighted by Crippen LogP contribution is -2.20. The van der Waals surface area contributed by atoms with E-state index in [0.29, 0.717) is 16.0 Å². The number of nitrogens with zero attached hydrogens (tertiary/aromatic N) is 2. The van der Waals surface area contributed by atoms with Gasteiger partial charge in [-0.2, -0.15) is 0 Å². The second kappa shape index (κ2) is 6.51. The summed E-state index contributed by atoms with van der Waals surface area (Å²) in [4.78, 5) is 29.1. The van der Waals surface area contributed by atoms with Crippen molar-refractivity contribution in [2.24, 2.45) is 0 Å². The smallest absolute Gasteiger partial charge is 0.371 e. The van der Waals surface area contributed by atoms with Gasteiger partial charge in [-0.05, 0) is 37.1 Å². The fourth-order valence-electron chi connectivity index (χ4n) is 3.14. The third-order valence-electron chi connectivity index (χ3n) is 4.43. The largest absolute Gasteiger partial charge is 0.475 e. The number of hydrogen-bond donors (Lipinski definition) is 1. The highest BCUT2D eigenvalue weighted by Gasteiger charge is 2.16. The van der Waals surface area contributed by atoms with Gasteiger partial charge in [-0.25, -0.2) is 9.78 Å². The van der Waals surface area contributed by atoms with Crippen LogP contribution in [0.3, 0.4) is 0 Å². The Kier molecular flexibility index (Phi) is 4.16. The van der Waals surface area contributed by atoms with Gasteiger partial charge >= 0.3 is 5.97 Å². The molecule has 0 bridgehead atoms. The summed E-state index contributed by atoms with van der Waals surface area (Å²) in [6.07, 6.45) is 1.47. The number of furan rings is 1. The van der Waals surface area contributed by atoms with Crippen LogP contribution in [0.1, 0.15) is 27.4 Å². The lowest BCUT2D eigenvalue weighted by atomic mass is 9.99. The van der Waals surface area contributed by atoms with E-state index in [1.165, 1.54) is 33.9 Å². The molecular weight excluding hydrogens is 364 g/mol. The molecule has 4 rings (SSSR count). The number of carboxylic acid groups (broad SMARTS) is 1. The molecule has 0 fully saturated rings. The van der Waals surface area contributed by atoms with Gasteiger partial charge in [0.15, 0.2) is 0 Å². The van der Waals surface area contributed by atoms with Crippen molar-refractivity contribution in [2.75, 3.05) is 0 Å². The minimum Gasteiger partial charge on any atom is -0.475 e. The van der Waals surface area contributed by atoms with Crippen LogP contribution in [-0.2, 0) is 6.54 Å². The summed E-state index contributed by atoms with van der Waals surface area (Å²) in [6.45, 7) is 4.18. The van der Waals surface area contributed by atoms with E-state index >= 15 is 0 Å². The number of benzene rings is 1. The molecule has 3 heterocycles. The lowest BCUT2D eigenvalue weighted by Gasteiger charge is -2.07. The minimum absolute atomic E-state index is 0.122. The highest BCUT2D eigenvalue weighted by atomic mass is 32.1. The standard InChI is InChI=1S/C20H16N2O4S/c1-11-3-5-14(12(2)7-11)15-9-27-18-17(15)19(23)22(10-21-18)8-13-4-6-16(26-13)20(24)25/h3-7,9-10H,8H2,1-2H3,(H,24,25). The van der Waals surface area contributed by atoms with Crippen LogP contribution < -0.4 is 5.56 Å². The molecule has 27 heavy (non-hydrogen) atoms. The topological polar surface area (TPSA) is 85.3 Å². The summed E-state index contributed by atoms with van der Waals surface area (Å²) in [5, 5.41) is 11.5. The minimum atomic E-state index is -1.14. The van der Waals surface area contributed by atoms with Gasteiger partial charge in [0.25, 0.3) is 5.56 Å². The van der Waals surface area contributed by atoms with Crippen LogP contribution in [0.5, 0.6) is 0 Å². The molecule has 3 aromatic heterocycles. The zero-order valence-corrected chi connectivity index (χ0v) is 15.5.